The molecular weight excluding hydrogens is 304 g/mol. The second kappa shape index (κ2) is 6.75. The number of aromatic nitrogens is 2. The Kier molecular flexibility index (Phi) is 4.85. The van der Waals surface area contributed by atoms with Crippen molar-refractivity contribution in [1.29, 1.82) is 0 Å². The van der Waals surface area contributed by atoms with Crippen LogP contribution in [0.4, 0.5) is 4.79 Å². The minimum Gasteiger partial charge on any atom is -0.378 e. The first-order valence-corrected chi connectivity index (χ1v) is 9.20. The number of ether oxygens (including phenoxy) is 1. The zero-order valence-corrected chi connectivity index (χ0v) is 15.3. The van der Waals surface area contributed by atoms with Gasteiger partial charge >= 0.3 is 6.03 Å². The minimum atomic E-state index is -0.0794. The zero-order valence-electron chi connectivity index (χ0n) is 15.3. The highest BCUT2D eigenvalue weighted by atomic mass is 16.5. The van der Waals surface area contributed by atoms with Gasteiger partial charge < -0.3 is 15.4 Å². The molecule has 2 unspecified atom stereocenters. The molecule has 2 fully saturated rings. The molecule has 24 heavy (non-hydrogen) atoms. The average molecular weight is 334 g/mol. The standard InChI is InChI=1S/C18H30N4O2/c1-5-22-13(4)14(12(3)21-22)11-19-17(23)20-15-10-16(24-6-2)18(15)8-7-9-18/h15-16H,5-11H2,1-4H3,(H2,19,20,23). The van der Waals surface area contributed by atoms with E-state index >= 15 is 0 Å². The van der Waals surface area contributed by atoms with Crippen molar-refractivity contribution in [2.24, 2.45) is 5.41 Å². The van der Waals surface area contributed by atoms with Crippen molar-refractivity contribution in [3.8, 4) is 0 Å². The summed E-state index contributed by atoms with van der Waals surface area (Å²) in [5.74, 6) is 0. The van der Waals surface area contributed by atoms with Crippen LogP contribution in [0.15, 0.2) is 0 Å². The minimum absolute atomic E-state index is 0.0794. The molecule has 2 aliphatic carbocycles. The molecular formula is C18H30N4O2. The van der Waals surface area contributed by atoms with Gasteiger partial charge in [0.15, 0.2) is 0 Å². The maximum Gasteiger partial charge on any atom is 0.315 e. The molecule has 2 amide bonds. The largest absolute Gasteiger partial charge is 0.378 e. The van der Waals surface area contributed by atoms with Crippen LogP contribution in [-0.2, 0) is 17.8 Å². The van der Waals surface area contributed by atoms with Gasteiger partial charge in [-0.1, -0.05) is 6.42 Å². The van der Waals surface area contributed by atoms with Crippen molar-refractivity contribution in [1.82, 2.24) is 20.4 Å². The average Bonchev–Trinajstić information content (AvgIpc) is 2.76. The summed E-state index contributed by atoms with van der Waals surface area (Å²) in [5.41, 5.74) is 3.44. The predicted molar refractivity (Wildman–Crippen MR) is 92.8 cm³/mol. The fourth-order valence-electron chi connectivity index (χ4n) is 4.32. The summed E-state index contributed by atoms with van der Waals surface area (Å²) in [6, 6.07) is 0.174. The third-order valence-electron chi connectivity index (χ3n) is 6.00. The van der Waals surface area contributed by atoms with Crippen LogP contribution >= 0.6 is 0 Å². The maximum absolute atomic E-state index is 12.3. The van der Waals surface area contributed by atoms with Crippen LogP contribution in [0.1, 0.15) is 56.5 Å². The van der Waals surface area contributed by atoms with E-state index in [-0.39, 0.29) is 17.5 Å². The number of aryl methyl sites for hydroxylation is 2. The van der Waals surface area contributed by atoms with Crippen LogP contribution in [0.25, 0.3) is 0 Å². The first-order valence-electron chi connectivity index (χ1n) is 9.20. The molecule has 2 atom stereocenters. The van der Waals surface area contributed by atoms with Gasteiger partial charge in [-0.15, -0.1) is 0 Å². The van der Waals surface area contributed by atoms with Crippen molar-refractivity contribution in [3.63, 3.8) is 0 Å². The predicted octanol–water partition coefficient (Wildman–Crippen LogP) is 2.67. The zero-order chi connectivity index (χ0) is 17.3. The van der Waals surface area contributed by atoms with Crippen molar-refractivity contribution >= 4 is 6.03 Å². The van der Waals surface area contributed by atoms with E-state index in [0.29, 0.717) is 12.6 Å². The Hall–Kier alpha value is -1.56. The molecule has 0 radical (unpaired) electrons. The Morgan fingerprint density at radius 2 is 2.12 bits per heavy atom. The molecule has 0 bridgehead atoms. The first kappa shape index (κ1) is 17.3. The van der Waals surface area contributed by atoms with Crippen LogP contribution in [0.2, 0.25) is 0 Å². The van der Waals surface area contributed by atoms with Crippen LogP contribution < -0.4 is 10.6 Å². The SMILES string of the molecule is CCOC1CC(NC(=O)NCc2c(C)nn(CC)c2C)C12CCC2. The molecule has 1 spiro atoms. The second-order valence-electron chi connectivity index (χ2n) is 7.11. The molecule has 2 N–H and O–H groups in total. The van der Waals surface area contributed by atoms with Gasteiger partial charge in [-0.05, 0) is 47.0 Å². The van der Waals surface area contributed by atoms with Gasteiger partial charge in [0.2, 0.25) is 0 Å². The Morgan fingerprint density at radius 1 is 1.38 bits per heavy atom. The number of carbonyl (C=O) groups is 1. The summed E-state index contributed by atoms with van der Waals surface area (Å²) in [5, 5.41) is 10.7. The highest BCUT2D eigenvalue weighted by Gasteiger charge is 2.59. The van der Waals surface area contributed by atoms with E-state index in [1.807, 2.05) is 18.5 Å². The van der Waals surface area contributed by atoms with E-state index in [1.54, 1.807) is 0 Å². The lowest BCUT2D eigenvalue weighted by Gasteiger charge is -2.60. The van der Waals surface area contributed by atoms with Crippen LogP contribution in [0, 0.1) is 19.3 Å². The Morgan fingerprint density at radius 3 is 2.67 bits per heavy atom. The molecule has 1 aromatic heterocycles. The molecule has 0 aromatic carbocycles. The molecule has 2 aliphatic rings. The second-order valence-corrected chi connectivity index (χ2v) is 7.11. The van der Waals surface area contributed by atoms with Crippen LogP contribution in [0.5, 0.6) is 0 Å². The van der Waals surface area contributed by atoms with Crippen LogP contribution in [-0.4, -0.2) is 34.6 Å². The summed E-state index contributed by atoms with van der Waals surface area (Å²) >= 11 is 0. The van der Waals surface area contributed by atoms with Gasteiger partial charge in [-0.2, -0.15) is 5.10 Å². The number of rotatable bonds is 6. The Balaban J connectivity index is 1.53. The number of urea groups is 1. The highest BCUT2D eigenvalue weighted by molar-refractivity contribution is 5.74. The maximum atomic E-state index is 12.3. The number of amides is 2. The lowest BCUT2D eigenvalue weighted by atomic mass is 9.51. The number of carbonyl (C=O) groups excluding carboxylic acids is 1. The molecule has 0 saturated heterocycles. The molecule has 3 rings (SSSR count). The van der Waals surface area contributed by atoms with Gasteiger partial charge in [-0.25, -0.2) is 4.79 Å². The van der Waals surface area contributed by atoms with E-state index < -0.39 is 0 Å². The van der Waals surface area contributed by atoms with Gasteiger partial charge in [0.25, 0.3) is 0 Å². The summed E-state index contributed by atoms with van der Waals surface area (Å²) in [7, 11) is 0. The molecule has 6 nitrogen and oxygen atoms in total. The summed E-state index contributed by atoms with van der Waals surface area (Å²) < 4.78 is 7.82. The monoisotopic (exact) mass is 334 g/mol. The molecule has 2 saturated carbocycles. The first-order chi connectivity index (χ1) is 11.5. The Bertz CT molecular complexity index is 606. The lowest BCUT2D eigenvalue weighted by Crippen LogP contribution is -2.68. The van der Waals surface area contributed by atoms with Gasteiger partial charge in [0.1, 0.15) is 0 Å². The lowest BCUT2D eigenvalue weighted by molar-refractivity contribution is -0.169. The van der Waals surface area contributed by atoms with Gasteiger partial charge in [0, 0.05) is 42.4 Å². The molecule has 1 heterocycles. The smallest absolute Gasteiger partial charge is 0.315 e. The molecule has 6 heteroatoms. The fourth-order valence-corrected chi connectivity index (χ4v) is 4.32. The summed E-state index contributed by atoms with van der Waals surface area (Å²) in [6.45, 7) is 10.3. The number of nitrogens with zero attached hydrogens (tertiary/aromatic N) is 2. The third-order valence-corrected chi connectivity index (χ3v) is 6.00. The summed E-state index contributed by atoms with van der Waals surface area (Å²) in [6.07, 6.45) is 4.85. The van der Waals surface area contributed by atoms with Crippen molar-refractivity contribution < 1.29 is 9.53 Å². The van der Waals surface area contributed by atoms with E-state index in [4.69, 9.17) is 4.74 Å². The fraction of sp³-hybridized carbons (Fsp3) is 0.778. The van der Waals surface area contributed by atoms with Crippen molar-refractivity contribution in [3.05, 3.63) is 17.0 Å². The summed E-state index contributed by atoms with van der Waals surface area (Å²) in [4.78, 5) is 12.3. The topological polar surface area (TPSA) is 68.2 Å². The van der Waals surface area contributed by atoms with E-state index in [1.165, 1.54) is 19.3 Å². The molecule has 1 aromatic rings. The number of nitrogens with one attached hydrogen (secondary N) is 2. The van der Waals surface area contributed by atoms with E-state index in [2.05, 4.69) is 29.6 Å². The van der Waals surface area contributed by atoms with E-state index in [0.717, 1.165) is 36.5 Å². The molecule has 134 valence electrons. The van der Waals surface area contributed by atoms with Gasteiger partial charge in [-0.3, -0.25) is 4.68 Å². The highest BCUT2D eigenvalue weighted by Crippen LogP contribution is 2.57. The van der Waals surface area contributed by atoms with Crippen molar-refractivity contribution in [2.75, 3.05) is 6.61 Å². The van der Waals surface area contributed by atoms with Gasteiger partial charge in [0.05, 0.1) is 11.8 Å². The number of hydrogen-bond acceptors (Lipinski definition) is 3. The van der Waals surface area contributed by atoms with Crippen LogP contribution in [0.3, 0.4) is 0 Å². The Labute approximate surface area is 144 Å². The third kappa shape index (κ3) is 2.81. The molecule has 0 aliphatic heterocycles. The number of hydrogen-bond donors (Lipinski definition) is 2. The van der Waals surface area contributed by atoms with E-state index in [9.17, 15) is 4.79 Å². The normalized spacial score (nSPS) is 24.3. The van der Waals surface area contributed by atoms with Crippen molar-refractivity contribution in [2.45, 2.75) is 78.6 Å². The quantitative estimate of drug-likeness (QED) is 0.840.